The highest BCUT2D eigenvalue weighted by atomic mass is 16.7. The molecule has 0 aliphatic carbocycles. The molecule has 7 heteroatoms. The predicted molar refractivity (Wildman–Crippen MR) is 69.1 cm³/mol. The number of rotatable bonds is 3. The molecule has 102 valence electrons. The van der Waals surface area contributed by atoms with Crippen LogP contribution in [0.1, 0.15) is 10.5 Å². The zero-order chi connectivity index (χ0) is 13.9. The van der Waals surface area contributed by atoms with Crippen LogP contribution in [0.4, 0.5) is 5.69 Å². The van der Waals surface area contributed by atoms with E-state index in [0.29, 0.717) is 23.1 Å². The van der Waals surface area contributed by atoms with Crippen LogP contribution in [0.3, 0.4) is 0 Å². The van der Waals surface area contributed by atoms with Crippen LogP contribution < -0.4 is 19.5 Å². The van der Waals surface area contributed by atoms with Gasteiger partial charge in [-0.3, -0.25) is 4.79 Å². The number of aromatic nitrogens is 2. The van der Waals surface area contributed by atoms with Crippen molar-refractivity contribution in [1.82, 2.24) is 10.2 Å². The number of hydrogen-bond acceptors (Lipinski definition) is 6. The molecule has 0 radical (unpaired) electrons. The van der Waals surface area contributed by atoms with E-state index in [1.54, 1.807) is 24.3 Å². The number of nitrogens with zero attached hydrogens (tertiary/aromatic N) is 2. The molecular weight excluding hydrogens is 262 g/mol. The van der Waals surface area contributed by atoms with Gasteiger partial charge in [-0.05, 0) is 18.2 Å². The number of carbonyl (C=O) groups excluding carboxylic acids is 1. The maximum Gasteiger partial charge on any atom is 0.276 e. The van der Waals surface area contributed by atoms with Gasteiger partial charge in [-0.1, -0.05) is 0 Å². The average molecular weight is 273 g/mol. The highest BCUT2D eigenvalue weighted by molar-refractivity contribution is 6.02. The predicted octanol–water partition coefficient (Wildman–Crippen LogP) is 1.47. The van der Waals surface area contributed by atoms with Gasteiger partial charge in [0.05, 0.1) is 7.11 Å². The Labute approximate surface area is 114 Å². The van der Waals surface area contributed by atoms with Crippen LogP contribution in [0.5, 0.6) is 17.4 Å². The fraction of sp³-hybridized carbons (Fsp3) is 0.154. The average Bonchev–Trinajstić information content (AvgIpc) is 2.95. The van der Waals surface area contributed by atoms with Crippen molar-refractivity contribution in [1.29, 1.82) is 0 Å². The first-order chi connectivity index (χ1) is 9.76. The summed E-state index contributed by atoms with van der Waals surface area (Å²) in [5, 5.41) is 10.2. The molecule has 1 amide bonds. The van der Waals surface area contributed by atoms with Crippen LogP contribution in [0.15, 0.2) is 30.3 Å². The normalized spacial score (nSPS) is 12.1. The van der Waals surface area contributed by atoms with E-state index in [9.17, 15) is 4.79 Å². The molecule has 1 aromatic heterocycles. The number of fused-ring (bicyclic) bond motifs is 1. The molecular formula is C13H11N3O4. The first-order valence-electron chi connectivity index (χ1n) is 5.85. The van der Waals surface area contributed by atoms with Crippen LogP contribution in [0, 0.1) is 0 Å². The second-order valence-corrected chi connectivity index (χ2v) is 3.98. The van der Waals surface area contributed by atoms with Gasteiger partial charge in [0, 0.05) is 17.8 Å². The Morgan fingerprint density at radius 1 is 1.20 bits per heavy atom. The SMILES string of the molecule is COc1ccc(C(=O)Nc2ccc3c(c2)OCO3)nn1. The quantitative estimate of drug-likeness (QED) is 0.911. The minimum atomic E-state index is -0.362. The lowest BCUT2D eigenvalue weighted by Gasteiger charge is -2.05. The number of amides is 1. The number of hydrogen-bond donors (Lipinski definition) is 1. The zero-order valence-corrected chi connectivity index (χ0v) is 10.6. The van der Waals surface area contributed by atoms with E-state index in [-0.39, 0.29) is 18.4 Å². The Kier molecular flexibility index (Phi) is 3.08. The summed E-state index contributed by atoms with van der Waals surface area (Å²) < 4.78 is 15.3. The largest absolute Gasteiger partial charge is 0.480 e. The van der Waals surface area contributed by atoms with E-state index in [2.05, 4.69) is 15.5 Å². The molecule has 0 fully saturated rings. The Morgan fingerprint density at radius 3 is 2.80 bits per heavy atom. The van der Waals surface area contributed by atoms with Crippen molar-refractivity contribution in [3.05, 3.63) is 36.0 Å². The fourth-order valence-electron chi connectivity index (χ4n) is 1.72. The van der Waals surface area contributed by atoms with Crippen LogP contribution in [0.2, 0.25) is 0 Å². The third-order valence-electron chi connectivity index (χ3n) is 2.71. The zero-order valence-electron chi connectivity index (χ0n) is 10.6. The molecule has 0 spiro atoms. The topological polar surface area (TPSA) is 82.6 Å². The first kappa shape index (κ1) is 12.2. The molecule has 1 aliphatic heterocycles. The lowest BCUT2D eigenvalue weighted by molar-refractivity contribution is 0.102. The molecule has 0 saturated carbocycles. The second-order valence-electron chi connectivity index (χ2n) is 3.98. The molecule has 0 atom stereocenters. The standard InChI is InChI=1S/C13H11N3O4/c1-18-12-5-3-9(15-16-12)13(17)14-8-2-4-10-11(6-8)20-7-19-10/h2-6H,7H2,1H3,(H,14,17). The minimum Gasteiger partial charge on any atom is -0.480 e. The minimum absolute atomic E-state index is 0.191. The van der Waals surface area contributed by atoms with Gasteiger partial charge in [0.15, 0.2) is 17.2 Å². The van der Waals surface area contributed by atoms with Crippen molar-refractivity contribution in [3.8, 4) is 17.4 Å². The summed E-state index contributed by atoms with van der Waals surface area (Å²) in [4.78, 5) is 12.0. The summed E-state index contributed by atoms with van der Waals surface area (Å²) in [6.45, 7) is 0.191. The maximum atomic E-state index is 12.0. The van der Waals surface area contributed by atoms with Gasteiger partial charge in [-0.25, -0.2) is 0 Å². The van der Waals surface area contributed by atoms with Gasteiger partial charge in [-0.2, -0.15) is 0 Å². The van der Waals surface area contributed by atoms with Gasteiger partial charge < -0.3 is 19.5 Å². The van der Waals surface area contributed by atoms with E-state index < -0.39 is 0 Å². The second kappa shape index (κ2) is 5.04. The molecule has 2 aromatic rings. The van der Waals surface area contributed by atoms with E-state index in [1.165, 1.54) is 13.2 Å². The maximum absolute atomic E-state index is 12.0. The molecule has 7 nitrogen and oxygen atoms in total. The number of anilines is 1. The van der Waals surface area contributed by atoms with Crippen molar-refractivity contribution >= 4 is 11.6 Å². The molecule has 0 unspecified atom stereocenters. The number of methoxy groups -OCH3 is 1. The first-order valence-corrected chi connectivity index (χ1v) is 5.85. The molecule has 1 aliphatic rings. The summed E-state index contributed by atoms with van der Waals surface area (Å²) in [6.07, 6.45) is 0. The fourth-order valence-corrected chi connectivity index (χ4v) is 1.72. The number of nitrogens with one attached hydrogen (secondary N) is 1. The van der Waals surface area contributed by atoms with E-state index >= 15 is 0 Å². The summed E-state index contributed by atoms with van der Waals surface area (Å²) in [7, 11) is 1.48. The molecule has 0 bridgehead atoms. The summed E-state index contributed by atoms with van der Waals surface area (Å²) >= 11 is 0. The number of ether oxygens (including phenoxy) is 3. The summed E-state index contributed by atoms with van der Waals surface area (Å²) in [6, 6.07) is 8.26. The molecule has 3 rings (SSSR count). The molecule has 20 heavy (non-hydrogen) atoms. The van der Waals surface area contributed by atoms with Crippen molar-refractivity contribution in [2.45, 2.75) is 0 Å². The molecule has 1 aromatic carbocycles. The highest BCUT2D eigenvalue weighted by Gasteiger charge is 2.15. The van der Waals surface area contributed by atoms with Gasteiger partial charge >= 0.3 is 0 Å². The third kappa shape index (κ3) is 2.33. The number of benzene rings is 1. The van der Waals surface area contributed by atoms with Gasteiger partial charge in [0.1, 0.15) is 0 Å². The van der Waals surface area contributed by atoms with Crippen molar-refractivity contribution in [3.63, 3.8) is 0 Å². The number of carbonyl (C=O) groups is 1. The summed E-state index contributed by atoms with van der Waals surface area (Å²) in [5.74, 6) is 1.25. The van der Waals surface area contributed by atoms with Crippen LogP contribution in [0.25, 0.3) is 0 Å². The van der Waals surface area contributed by atoms with Crippen LogP contribution >= 0.6 is 0 Å². The smallest absolute Gasteiger partial charge is 0.276 e. The van der Waals surface area contributed by atoms with Crippen molar-refractivity contribution in [2.75, 3.05) is 19.2 Å². The van der Waals surface area contributed by atoms with E-state index in [4.69, 9.17) is 14.2 Å². The van der Waals surface area contributed by atoms with Crippen LogP contribution in [-0.2, 0) is 0 Å². The van der Waals surface area contributed by atoms with Crippen molar-refractivity contribution < 1.29 is 19.0 Å². The van der Waals surface area contributed by atoms with E-state index in [1.807, 2.05) is 0 Å². The Morgan fingerprint density at radius 2 is 2.05 bits per heavy atom. The lowest BCUT2D eigenvalue weighted by atomic mass is 10.2. The van der Waals surface area contributed by atoms with Crippen molar-refractivity contribution in [2.24, 2.45) is 0 Å². The molecule has 2 heterocycles. The van der Waals surface area contributed by atoms with E-state index in [0.717, 1.165) is 0 Å². The summed E-state index contributed by atoms with van der Waals surface area (Å²) in [5.41, 5.74) is 0.792. The highest BCUT2D eigenvalue weighted by Crippen LogP contribution is 2.34. The van der Waals surface area contributed by atoms with Crippen LogP contribution in [-0.4, -0.2) is 30.0 Å². The lowest BCUT2D eigenvalue weighted by Crippen LogP contribution is -2.14. The van der Waals surface area contributed by atoms with Gasteiger partial charge in [0.2, 0.25) is 12.7 Å². The Balaban J connectivity index is 1.75. The van der Waals surface area contributed by atoms with Gasteiger partial charge in [-0.15, -0.1) is 10.2 Å². The molecule has 0 saturated heterocycles. The molecule has 1 N–H and O–H groups in total. The Hall–Kier alpha value is -2.83. The Bertz CT molecular complexity index is 643. The van der Waals surface area contributed by atoms with Gasteiger partial charge in [0.25, 0.3) is 5.91 Å². The monoisotopic (exact) mass is 273 g/mol. The third-order valence-corrected chi connectivity index (χ3v) is 2.71.